The highest BCUT2D eigenvalue weighted by atomic mass is 19.1. The van der Waals surface area contributed by atoms with E-state index in [-0.39, 0.29) is 11.8 Å². The summed E-state index contributed by atoms with van der Waals surface area (Å²) in [6, 6.07) is 4.69. The largest absolute Gasteiger partial charge is 0.396 e. The molecule has 0 bridgehead atoms. The van der Waals surface area contributed by atoms with E-state index < -0.39 is 5.82 Å². The highest BCUT2D eigenvalue weighted by Gasteiger charge is 2.05. The highest BCUT2D eigenvalue weighted by molar-refractivity contribution is 5.41. The van der Waals surface area contributed by atoms with E-state index in [0.717, 1.165) is 5.56 Å². The predicted molar refractivity (Wildman–Crippen MR) is 46.2 cm³/mol. The number of methoxy groups -OCH3 is 1. The maximum Gasteiger partial charge on any atom is 0.146 e. The molecule has 1 aromatic rings. The van der Waals surface area contributed by atoms with Crippen molar-refractivity contribution in [1.82, 2.24) is 0 Å². The molecule has 1 rings (SSSR count). The summed E-state index contributed by atoms with van der Waals surface area (Å²) in [6.45, 7) is 1.85. The van der Waals surface area contributed by atoms with Gasteiger partial charge in [-0.15, -0.1) is 0 Å². The molecule has 1 atom stereocenters. The summed E-state index contributed by atoms with van der Waals surface area (Å²) in [5, 5.41) is 0. The molecule has 1 aromatic carbocycles. The lowest BCUT2D eigenvalue weighted by Gasteiger charge is -2.09. The first-order valence-corrected chi connectivity index (χ1v) is 3.73. The molecule has 0 radical (unpaired) electrons. The third-order valence-corrected chi connectivity index (χ3v) is 1.85. The Morgan fingerprint density at radius 2 is 2.17 bits per heavy atom. The van der Waals surface area contributed by atoms with Gasteiger partial charge in [0.2, 0.25) is 0 Å². The van der Waals surface area contributed by atoms with E-state index in [9.17, 15) is 4.39 Å². The Morgan fingerprint density at radius 1 is 1.50 bits per heavy atom. The molecule has 0 aliphatic rings. The smallest absolute Gasteiger partial charge is 0.146 e. The Labute approximate surface area is 71.1 Å². The molecule has 0 spiro atoms. The summed E-state index contributed by atoms with van der Waals surface area (Å²) in [7, 11) is 1.58. The van der Waals surface area contributed by atoms with Crippen LogP contribution in [0.3, 0.4) is 0 Å². The fourth-order valence-corrected chi connectivity index (χ4v) is 0.932. The summed E-state index contributed by atoms with van der Waals surface area (Å²) >= 11 is 0. The van der Waals surface area contributed by atoms with E-state index in [4.69, 9.17) is 10.5 Å². The van der Waals surface area contributed by atoms with Crippen LogP contribution < -0.4 is 5.73 Å². The third-order valence-electron chi connectivity index (χ3n) is 1.85. The van der Waals surface area contributed by atoms with E-state index in [2.05, 4.69) is 0 Å². The van der Waals surface area contributed by atoms with Crippen molar-refractivity contribution in [2.75, 3.05) is 12.8 Å². The van der Waals surface area contributed by atoms with Crippen molar-refractivity contribution in [3.8, 4) is 0 Å². The predicted octanol–water partition coefficient (Wildman–Crippen LogP) is 2.12. The molecule has 0 saturated carbocycles. The number of anilines is 1. The van der Waals surface area contributed by atoms with Gasteiger partial charge in [0.15, 0.2) is 0 Å². The fraction of sp³-hybridized carbons (Fsp3) is 0.333. The number of benzene rings is 1. The average molecular weight is 169 g/mol. The summed E-state index contributed by atoms with van der Waals surface area (Å²) in [6.07, 6.45) is -0.0971. The lowest BCUT2D eigenvalue weighted by molar-refractivity contribution is 0.119. The Kier molecular flexibility index (Phi) is 2.65. The molecule has 0 aromatic heterocycles. The zero-order chi connectivity index (χ0) is 9.14. The van der Waals surface area contributed by atoms with E-state index in [1.165, 1.54) is 6.07 Å². The van der Waals surface area contributed by atoms with Crippen molar-refractivity contribution < 1.29 is 9.13 Å². The molecular formula is C9H12FNO. The maximum absolute atomic E-state index is 12.9. The minimum absolute atomic E-state index is 0.0971. The summed E-state index contributed by atoms with van der Waals surface area (Å²) in [5.41, 5.74) is 6.28. The van der Waals surface area contributed by atoms with E-state index in [0.29, 0.717) is 0 Å². The molecular weight excluding hydrogens is 157 g/mol. The number of rotatable bonds is 2. The third kappa shape index (κ3) is 1.74. The Bertz CT molecular complexity index is 275. The zero-order valence-corrected chi connectivity index (χ0v) is 7.17. The number of nitrogens with two attached hydrogens (primary N) is 1. The van der Waals surface area contributed by atoms with E-state index in [1.54, 1.807) is 19.2 Å². The quantitative estimate of drug-likeness (QED) is 0.688. The lowest BCUT2D eigenvalue weighted by Crippen LogP contribution is -1.98. The molecule has 66 valence electrons. The van der Waals surface area contributed by atoms with Crippen molar-refractivity contribution in [3.05, 3.63) is 29.6 Å². The van der Waals surface area contributed by atoms with Gasteiger partial charge in [-0.05, 0) is 24.6 Å². The zero-order valence-electron chi connectivity index (χ0n) is 7.17. The van der Waals surface area contributed by atoms with Crippen LogP contribution in [0.2, 0.25) is 0 Å². The van der Waals surface area contributed by atoms with Crippen molar-refractivity contribution in [2.24, 2.45) is 0 Å². The second kappa shape index (κ2) is 3.54. The molecule has 0 saturated heterocycles. The number of hydrogen-bond donors (Lipinski definition) is 1. The number of nitrogen functional groups attached to an aromatic ring is 1. The summed E-state index contributed by atoms with van der Waals surface area (Å²) in [4.78, 5) is 0. The van der Waals surface area contributed by atoms with Crippen LogP contribution in [-0.2, 0) is 4.74 Å². The van der Waals surface area contributed by atoms with Crippen LogP contribution in [0.5, 0.6) is 0 Å². The minimum atomic E-state index is -0.392. The van der Waals surface area contributed by atoms with Gasteiger partial charge in [-0.1, -0.05) is 6.07 Å². The van der Waals surface area contributed by atoms with Crippen LogP contribution in [0.15, 0.2) is 18.2 Å². The molecule has 1 unspecified atom stereocenters. The fourth-order valence-electron chi connectivity index (χ4n) is 0.932. The van der Waals surface area contributed by atoms with Crippen LogP contribution in [0.1, 0.15) is 18.6 Å². The first-order valence-electron chi connectivity index (χ1n) is 3.73. The lowest BCUT2D eigenvalue weighted by atomic mass is 10.1. The molecule has 0 aliphatic carbocycles. The molecule has 0 amide bonds. The van der Waals surface area contributed by atoms with Crippen molar-refractivity contribution in [1.29, 1.82) is 0 Å². The molecule has 0 heterocycles. The molecule has 0 fully saturated rings. The van der Waals surface area contributed by atoms with Crippen LogP contribution in [0, 0.1) is 5.82 Å². The topological polar surface area (TPSA) is 35.2 Å². The van der Waals surface area contributed by atoms with Gasteiger partial charge < -0.3 is 10.5 Å². The second-order valence-electron chi connectivity index (χ2n) is 2.66. The first-order chi connectivity index (χ1) is 5.65. The Balaban J connectivity index is 2.96. The monoisotopic (exact) mass is 169 g/mol. The first kappa shape index (κ1) is 9.00. The van der Waals surface area contributed by atoms with E-state index >= 15 is 0 Å². The standard InChI is InChI=1S/C9H12FNO/c1-6(12-2)7-3-4-9(11)8(10)5-7/h3-6H,11H2,1-2H3. The van der Waals surface area contributed by atoms with Gasteiger partial charge in [0.1, 0.15) is 5.82 Å². The SMILES string of the molecule is COC(C)c1ccc(N)c(F)c1. The number of ether oxygens (including phenoxy) is 1. The summed E-state index contributed by atoms with van der Waals surface area (Å²) in [5.74, 6) is -0.392. The van der Waals surface area contributed by atoms with Crippen molar-refractivity contribution >= 4 is 5.69 Å². The van der Waals surface area contributed by atoms with Gasteiger partial charge in [0.05, 0.1) is 11.8 Å². The maximum atomic E-state index is 12.9. The second-order valence-corrected chi connectivity index (χ2v) is 2.66. The minimum Gasteiger partial charge on any atom is -0.396 e. The number of hydrogen-bond acceptors (Lipinski definition) is 2. The number of halogens is 1. The van der Waals surface area contributed by atoms with Crippen LogP contribution in [0.25, 0.3) is 0 Å². The van der Waals surface area contributed by atoms with Gasteiger partial charge >= 0.3 is 0 Å². The van der Waals surface area contributed by atoms with Gasteiger partial charge in [-0.2, -0.15) is 0 Å². The van der Waals surface area contributed by atoms with Crippen LogP contribution in [0.4, 0.5) is 10.1 Å². The normalized spacial score (nSPS) is 12.9. The van der Waals surface area contributed by atoms with Crippen LogP contribution >= 0.6 is 0 Å². The van der Waals surface area contributed by atoms with Crippen molar-refractivity contribution in [3.63, 3.8) is 0 Å². The Hall–Kier alpha value is -1.09. The molecule has 2 nitrogen and oxygen atoms in total. The van der Waals surface area contributed by atoms with Gasteiger partial charge in [0.25, 0.3) is 0 Å². The average Bonchev–Trinajstić information content (AvgIpc) is 2.08. The molecule has 3 heteroatoms. The molecule has 0 aliphatic heterocycles. The van der Waals surface area contributed by atoms with Crippen LogP contribution in [-0.4, -0.2) is 7.11 Å². The van der Waals surface area contributed by atoms with Gasteiger partial charge in [0, 0.05) is 7.11 Å². The molecule has 12 heavy (non-hydrogen) atoms. The summed E-state index contributed by atoms with van der Waals surface area (Å²) < 4.78 is 17.9. The van der Waals surface area contributed by atoms with Gasteiger partial charge in [-0.25, -0.2) is 4.39 Å². The van der Waals surface area contributed by atoms with Gasteiger partial charge in [-0.3, -0.25) is 0 Å². The Morgan fingerprint density at radius 3 is 2.67 bits per heavy atom. The molecule has 2 N–H and O–H groups in total. The van der Waals surface area contributed by atoms with Crippen molar-refractivity contribution in [2.45, 2.75) is 13.0 Å². The highest BCUT2D eigenvalue weighted by Crippen LogP contribution is 2.19. The van der Waals surface area contributed by atoms with E-state index in [1.807, 2.05) is 6.92 Å².